The molecule has 1 aromatic heterocycles. The molecule has 3 rings (SSSR count). The topological polar surface area (TPSA) is 64.3 Å². The normalized spacial score (nSPS) is 12.3. The van der Waals surface area contributed by atoms with Crippen LogP contribution in [-0.4, -0.2) is 33.1 Å². The Hall–Kier alpha value is -2.02. The number of thioether (sulfide) groups is 1. The summed E-state index contributed by atoms with van der Waals surface area (Å²) in [7, 11) is 0. The zero-order valence-corrected chi connectivity index (χ0v) is 16.8. The van der Waals surface area contributed by atoms with E-state index in [0.717, 1.165) is 5.75 Å². The van der Waals surface area contributed by atoms with E-state index in [1.165, 1.54) is 21.9 Å². The van der Waals surface area contributed by atoms with E-state index in [1.807, 2.05) is 31.2 Å². The summed E-state index contributed by atoms with van der Waals surface area (Å²) in [5.74, 6) is 1.42. The fraction of sp³-hybridized carbons (Fsp3) is 0.300. The van der Waals surface area contributed by atoms with E-state index in [0.29, 0.717) is 33.4 Å². The lowest BCUT2D eigenvalue weighted by Crippen LogP contribution is -2.28. The van der Waals surface area contributed by atoms with Gasteiger partial charge in [-0.15, -0.1) is 0 Å². The fourth-order valence-corrected chi connectivity index (χ4v) is 3.63. The van der Waals surface area contributed by atoms with E-state index < -0.39 is 6.10 Å². The molecule has 1 N–H and O–H groups in total. The number of hydrogen-bond acceptors (Lipinski definition) is 5. The lowest BCUT2D eigenvalue weighted by atomic mass is 10.2. The molecule has 3 aromatic rings. The minimum Gasteiger partial charge on any atom is -0.493 e. The van der Waals surface area contributed by atoms with Crippen molar-refractivity contribution in [3.8, 4) is 5.75 Å². The third-order valence-corrected chi connectivity index (χ3v) is 5.11. The predicted octanol–water partition coefficient (Wildman–Crippen LogP) is 3.91. The fourth-order valence-electron chi connectivity index (χ4n) is 2.64. The van der Waals surface area contributed by atoms with Crippen LogP contribution in [0.2, 0.25) is 5.02 Å². The number of rotatable bonds is 7. The second-order valence-electron chi connectivity index (χ2n) is 6.33. The van der Waals surface area contributed by atoms with Crippen LogP contribution >= 0.6 is 23.4 Å². The molecule has 0 bridgehead atoms. The summed E-state index contributed by atoms with van der Waals surface area (Å²) in [5, 5.41) is 11.3. The Morgan fingerprint density at radius 3 is 2.70 bits per heavy atom. The molecular weight excluding hydrogens is 384 g/mol. The quantitative estimate of drug-likeness (QED) is 0.367. The maximum Gasteiger partial charge on any atom is 0.262 e. The van der Waals surface area contributed by atoms with E-state index >= 15 is 0 Å². The first-order chi connectivity index (χ1) is 12.9. The highest BCUT2D eigenvalue weighted by atomic mass is 35.5. The van der Waals surface area contributed by atoms with Crippen molar-refractivity contribution in [3.63, 3.8) is 0 Å². The summed E-state index contributed by atoms with van der Waals surface area (Å²) in [6.45, 7) is 4.34. The second-order valence-corrected chi connectivity index (χ2v) is 7.83. The number of halogens is 1. The van der Waals surface area contributed by atoms with Gasteiger partial charge in [0.15, 0.2) is 5.16 Å². The maximum absolute atomic E-state index is 12.8. The number of ether oxygens (including phenoxy) is 1. The molecule has 142 valence electrons. The van der Waals surface area contributed by atoms with Gasteiger partial charge < -0.3 is 9.84 Å². The monoisotopic (exact) mass is 404 g/mol. The average molecular weight is 405 g/mol. The van der Waals surface area contributed by atoms with Gasteiger partial charge in [-0.2, -0.15) is 0 Å². The smallest absolute Gasteiger partial charge is 0.262 e. The van der Waals surface area contributed by atoms with Crippen molar-refractivity contribution >= 4 is 34.3 Å². The van der Waals surface area contributed by atoms with Crippen molar-refractivity contribution in [2.45, 2.75) is 31.7 Å². The molecule has 0 aliphatic rings. The number of aryl methyl sites for hydroxylation is 1. The van der Waals surface area contributed by atoms with Crippen molar-refractivity contribution in [1.29, 1.82) is 0 Å². The van der Waals surface area contributed by atoms with Crippen LogP contribution in [0.4, 0.5) is 0 Å². The molecule has 27 heavy (non-hydrogen) atoms. The second kappa shape index (κ2) is 8.78. The van der Waals surface area contributed by atoms with Gasteiger partial charge >= 0.3 is 0 Å². The molecule has 1 heterocycles. The van der Waals surface area contributed by atoms with E-state index in [9.17, 15) is 9.90 Å². The maximum atomic E-state index is 12.8. The molecule has 0 aliphatic carbocycles. The molecule has 0 spiro atoms. The minimum absolute atomic E-state index is 0.181. The molecule has 0 unspecified atom stereocenters. The third kappa shape index (κ3) is 5.03. The first kappa shape index (κ1) is 19.7. The minimum atomic E-state index is -0.655. The first-order valence-corrected chi connectivity index (χ1v) is 10.0. The summed E-state index contributed by atoms with van der Waals surface area (Å²) in [4.78, 5) is 17.4. The van der Waals surface area contributed by atoms with Gasteiger partial charge in [0.25, 0.3) is 5.56 Å². The van der Waals surface area contributed by atoms with Crippen molar-refractivity contribution in [2.24, 2.45) is 0 Å². The Morgan fingerprint density at radius 1 is 1.26 bits per heavy atom. The van der Waals surface area contributed by atoms with E-state index in [-0.39, 0.29) is 12.1 Å². The van der Waals surface area contributed by atoms with Crippen LogP contribution in [0, 0.1) is 6.92 Å². The van der Waals surface area contributed by atoms with Gasteiger partial charge in [0, 0.05) is 10.8 Å². The number of benzene rings is 2. The van der Waals surface area contributed by atoms with Gasteiger partial charge in [-0.05, 0) is 44.2 Å². The molecule has 0 radical (unpaired) electrons. The molecule has 0 saturated carbocycles. The standard InChI is InChI=1S/C20H21ClN2O3S/c1-13-3-6-16(7-4-13)26-9-10-27-20-22-18-11-15(21)5-8-17(18)19(25)23(20)12-14(2)24/h3-8,11,14,24H,9-10,12H2,1-2H3/t14-/m1/s1. The third-order valence-electron chi connectivity index (χ3n) is 3.93. The number of hydrogen-bond donors (Lipinski definition) is 1. The first-order valence-electron chi connectivity index (χ1n) is 8.64. The molecule has 0 amide bonds. The summed E-state index contributed by atoms with van der Waals surface area (Å²) >= 11 is 7.46. The van der Waals surface area contributed by atoms with E-state index in [2.05, 4.69) is 4.98 Å². The number of aromatic nitrogens is 2. The zero-order chi connectivity index (χ0) is 19.4. The van der Waals surface area contributed by atoms with Crippen molar-refractivity contribution in [1.82, 2.24) is 9.55 Å². The van der Waals surface area contributed by atoms with Crippen LogP contribution in [0.15, 0.2) is 52.4 Å². The summed E-state index contributed by atoms with van der Waals surface area (Å²) < 4.78 is 7.25. The van der Waals surface area contributed by atoms with Crippen molar-refractivity contribution in [2.75, 3.05) is 12.4 Å². The molecule has 7 heteroatoms. The number of nitrogens with zero attached hydrogens (tertiary/aromatic N) is 2. The van der Waals surface area contributed by atoms with Gasteiger partial charge in [0.1, 0.15) is 5.75 Å². The zero-order valence-electron chi connectivity index (χ0n) is 15.2. The van der Waals surface area contributed by atoms with Gasteiger partial charge in [-0.25, -0.2) is 4.98 Å². The highest BCUT2D eigenvalue weighted by Crippen LogP contribution is 2.21. The van der Waals surface area contributed by atoms with E-state index in [4.69, 9.17) is 16.3 Å². The Balaban J connectivity index is 1.78. The summed E-state index contributed by atoms with van der Waals surface area (Å²) in [6.07, 6.45) is -0.655. The Labute approximate surface area is 167 Å². The van der Waals surface area contributed by atoms with Crippen LogP contribution in [0.25, 0.3) is 10.9 Å². The molecule has 0 saturated heterocycles. The van der Waals surface area contributed by atoms with Crippen LogP contribution in [0.1, 0.15) is 12.5 Å². The highest BCUT2D eigenvalue weighted by Gasteiger charge is 2.13. The number of aliphatic hydroxyl groups excluding tert-OH is 1. The average Bonchev–Trinajstić information content (AvgIpc) is 2.62. The van der Waals surface area contributed by atoms with Gasteiger partial charge in [0.2, 0.25) is 0 Å². The molecule has 0 aliphatic heterocycles. The van der Waals surface area contributed by atoms with Gasteiger partial charge in [-0.3, -0.25) is 9.36 Å². The summed E-state index contributed by atoms with van der Waals surface area (Å²) in [6, 6.07) is 12.9. The molecule has 5 nitrogen and oxygen atoms in total. The largest absolute Gasteiger partial charge is 0.493 e. The summed E-state index contributed by atoms with van der Waals surface area (Å²) in [5.41, 5.74) is 1.55. The number of aliphatic hydroxyl groups is 1. The van der Waals surface area contributed by atoms with Gasteiger partial charge in [-0.1, -0.05) is 41.1 Å². The SMILES string of the molecule is Cc1ccc(OCCSc2nc3cc(Cl)ccc3c(=O)n2C[C@@H](C)O)cc1. The van der Waals surface area contributed by atoms with Gasteiger partial charge in [0.05, 0.1) is 30.2 Å². The Bertz CT molecular complexity index is 987. The Kier molecular flexibility index (Phi) is 6.42. The van der Waals surface area contributed by atoms with Crippen LogP contribution in [-0.2, 0) is 6.54 Å². The molecule has 2 aromatic carbocycles. The lowest BCUT2D eigenvalue weighted by molar-refractivity contribution is 0.168. The van der Waals surface area contributed by atoms with Crippen LogP contribution < -0.4 is 10.3 Å². The Morgan fingerprint density at radius 2 is 2.00 bits per heavy atom. The highest BCUT2D eigenvalue weighted by molar-refractivity contribution is 7.99. The predicted molar refractivity (Wildman–Crippen MR) is 110 cm³/mol. The van der Waals surface area contributed by atoms with Crippen molar-refractivity contribution < 1.29 is 9.84 Å². The van der Waals surface area contributed by atoms with Crippen molar-refractivity contribution in [3.05, 3.63) is 63.4 Å². The number of fused-ring (bicyclic) bond motifs is 1. The van der Waals surface area contributed by atoms with Crippen LogP contribution in [0.5, 0.6) is 5.75 Å². The van der Waals surface area contributed by atoms with Crippen LogP contribution in [0.3, 0.4) is 0 Å². The molecule has 0 fully saturated rings. The molecule has 1 atom stereocenters. The lowest BCUT2D eigenvalue weighted by Gasteiger charge is -2.14. The van der Waals surface area contributed by atoms with E-state index in [1.54, 1.807) is 25.1 Å². The molecular formula is C20H21ClN2O3S.